The maximum absolute atomic E-state index is 5.54. The number of aromatic nitrogens is 5. The third-order valence-corrected chi connectivity index (χ3v) is 5.70. The third kappa shape index (κ3) is 3.28. The number of fused-ring (bicyclic) bond motifs is 1. The standard InChI is InChI=1S/C18H22N6O2S/c1-11-16-20-21-17(18-19-12(2)22-27-18)24(16)8-7-23(11)10-13-5-6-14(25-3)9-15(13)26-4/h5-6,9,11H,7-8,10H2,1-4H3/t11-/m0/s1. The lowest BCUT2D eigenvalue weighted by molar-refractivity contribution is 0.155. The minimum absolute atomic E-state index is 0.140. The van der Waals surface area contributed by atoms with E-state index in [1.54, 1.807) is 14.2 Å². The second-order valence-corrected chi connectivity index (χ2v) is 7.26. The summed E-state index contributed by atoms with van der Waals surface area (Å²) >= 11 is 1.37. The highest BCUT2D eigenvalue weighted by Crippen LogP contribution is 2.32. The topological polar surface area (TPSA) is 78.2 Å². The first-order valence-corrected chi connectivity index (χ1v) is 9.56. The summed E-state index contributed by atoms with van der Waals surface area (Å²) in [4.78, 5) is 6.83. The van der Waals surface area contributed by atoms with Gasteiger partial charge in [-0.1, -0.05) is 6.07 Å². The van der Waals surface area contributed by atoms with E-state index < -0.39 is 0 Å². The molecule has 9 heteroatoms. The SMILES string of the molecule is COc1ccc(CN2CCn3c(-c4nc(C)ns4)nnc3[C@@H]2C)c(OC)c1. The van der Waals surface area contributed by atoms with Gasteiger partial charge in [0.2, 0.25) is 0 Å². The molecule has 1 atom stereocenters. The molecule has 0 radical (unpaired) electrons. The van der Waals surface area contributed by atoms with Crippen LogP contribution >= 0.6 is 11.5 Å². The summed E-state index contributed by atoms with van der Waals surface area (Å²) in [6.45, 7) is 6.53. The molecular formula is C18H22N6O2S. The van der Waals surface area contributed by atoms with Gasteiger partial charge in [-0.3, -0.25) is 4.90 Å². The lowest BCUT2D eigenvalue weighted by Crippen LogP contribution is -2.36. The molecule has 0 unspecified atom stereocenters. The van der Waals surface area contributed by atoms with Crippen LogP contribution in [0.25, 0.3) is 10.8 Å². The molecule has 0 saturated carbocycles. The average Bonchev–Trinajstić information content (AvgIpc) is 3.30. The van der Waals surface area contributed by atoms with E-state index in [0.717, 1.165) is 59.2 Å². The fraction of sp³-hybridized carbons (Fsp3) is 0.444. The maximum Gasteiger partial charge on any atom is 0.194 e. The number of ether oxygens (including phenoxy) is 2. The molecule has 0 aliphatic carbocycles. The number of rotatable bonds is 5. The number of benzene rings is 1. The van der Waals surface area contributed by atoms with Crippen molar-refractivity contribution in [3.8, 4) is 22.3 Å². The molecule has 4 rings (SSSR count). The molecule has 142 valence electrons. The minimum atomic E-state index is 0.140. The summed E-state index contributed by atoms with van der Waals surface area (Å²) in [6, 6.07) is 6.08. The maximum atomic E-state index is 5.54. The van der Waals surface area contributed by atoms with Gasteiger partial charge in [0.25, 0.3) is 0 Å². The molecule has 0 amide bonds. The van der Waals surface area contributed by atoms with Crippen molar-refractivity contribution in [2.75, 3.05) is 20.8 Å². The van der Waals surface area contributed by atoms with Crippen LogP contribution < -0.4 is 9.47 Å². The molecule has 0 saturated heterocycles. The molecule has 0 fully saturated rings. The number of hydrogen-bond donors (Lipinski definition) is 0. The summed E-state index contributed by atoms with van der Waals surface area (Å²) in [6.07, 6.45) is 0. The first-order chi connectivity index (χ1) is 13.1. The Labute approximate surface area is 161 Å². The third-order valence-electron chi connectivity index (χ3n) is 4.90. The summed E-state index contributed by atoms with van der Waals surface area (Å²) < 4.78 is 17.3. The van der Waals surface area contributed by atoms with Crippen molar-refractivity contribution in [1.82, 2.24) is 29.0 Å². The van der Waals surface area contributed by atoms with Crippen molar-refractivity contribution >= 4 is 11.5 Å². The van der Waals surface area contributed by atoms with Crippen LogP contribution in [0.1, 0.15) is 30.2 Å². The van der Waals surface area contributed by atoms with Crippen molar-refractivity contribution < 1.29 is 9.47 Å². The zero-order valence-corrected chi connectivity index (χ0v) is 16.7. The van der Waals surface area contributed by atoms with Crippen molar-refractivity contribution in [1.29, 1.82) is 0 Å². The molecule has 1 aliphatic heterocycles. The number of methoxy groups -OCH3 is 2. The van der Waals surface area contributed by atoms with Gasteiger partial charge in [-0.05, 0) is 31.4 Å². The van der Waals surface area contributed by atoms with E-state index in [-0.39, 0.29) is 6.04 Å². The Balaban J connectivity index is 1.58. The average molecular weight is 386 g/mol. The highest BCUT2D eigenvalue weighted by Gasteiger charge is 2.30. The van der Waals surface area contributed by atoms with Crippen LogP contribution in [0, 0.1) is 6.92 Å². The predicted octanol–water partition coefficient (Wildman–Crippen LogP) is 2.70. The number of hydrogen-bond acceptors (Lipinski definition) is 8. The fourth-order valence-corrected chi connectivity index (χ4v) is 4.06. The smallest absolute Gasteiger partial charge is 0.194 e. The molecule has 0 bridgehead atoms. The second kappa shape index (κ2) is 7.24. The Morgan fingerprint density at radius 2 is 2.04 bits per heavy atom. The number of nitrogens with zero attached hydrogens (tertiary/aromatic N) is 6. The Kier molecular flexibility index (Phi) is 4.79. The van der Waals surface area contributed by atoms with Crippen LogP contribution in [-0.4, -0.2) is 49.8 Å². The predicted molar refractivity (Wildman–Crippen MR) is 102 cm³/mol. The molecule has 3 heterocycles. The molecule has 3 aromatic rings. The Bertz CT molecular complexity index is 953. The van der Waals surface area contributed by atoms with E-state index in [1.807, 2.05) is 19.1 Å². The lowest BCUT2D eigenvalue weighted by atomic mass is 10.1. The van der Waals surface area contributed by atoms with Crippen molar-refractivity contribution in [3.63, 3.8) is 0 Å². The summed E-state index contributed by atoms with van der Waals surface area (Å²) in [7, 11) is 3.34. The molecular weight excluding hydrogens is 364 g/mol. The Morgan fingerprint density at radius 1 is 1.19 bits per heavy atom. The minimum Gasteiger partial charge on any atom is -0.497 e. The molecule has 2 aromatic heterocycles. The molecule has 27 heavy (non-hydrogen) atoms. The van der Waals surface area contributed by atoms with Crippen LogP contribution in [-0.2, 0) is 13.1 Å². The fourth-order valence-electron chi connectivity index (χ4n) is 3.39. The van der Waals surface area contributed by atoms with E-state index in [4.69, 9.17) is 9.47 Å². The van der Waals surface area contributed by atoms with Gasteiger partial charge in [-0.15, -0.1) is 10.2 Å². The van der Waals surface area contributed by atoms with Gasteiger partial charge in [-0.25, -0.2) is 4.98 Å². The van der Waals surface area contributed by atoms with Gasteiger partial charge in [0, 0.05) is 31.3 Å². The zero-order valence-electron chi connectivity index (χ0n) is 15.8. The Morgan fingerprint density at radius 3 is 2.74 bits per heavy atom. The first kappa shape index (κ1) is 17.9. The monoisotopic (exact) mass is 386 g/mol. The van der Waals surface area contributed by atoms with E-state index >= 15 is 0 Å². The van der Waals surface area contributed by atoms with E-state index in [9.17, 15) is 0 Å². The van der Waals surface area contributed by atoms with Gasteiger partial charge in [0.1, 0.15) is 17.3 Å². The molecule has 8 nitrogen and oxygen atoms in total. The Hall–Kier alpha value is -2.52. The normalized spacial score (nSPS) is 17.0. The quantitative estimate of drug-likeness (QED) is 0.667. The second-order valence-electron chi connectivity index (χ2n) is 6.50. The van der Waals surface area contributed by atoms with Crippen molar-refractivity contribution in [3.05, 3.63) is 35.4 Å². The van der Waals surface area contributed by atoms with Crippen LogP contribution in [0.15, 0.2) is 18.2 Å². The first-order valence-electron chi connectivity index (χ1n) is 8.79. The van der Waals surface area contributed by atoms with Gasteiger partial charge in [0.05, 0.1) is 20.3 Å². The van der Waals surface area contributed by atoms with E-state index in [2.05, 4.69) is 42.0 Å². The largest absolute Gasteiger partial charge is 0.497 e. The zero-order chi connectivity index (χ0) is 19.0. The summed E-state index contributed by atoms with van der Waals surface area (Å²) in [5.74, 6) is 4.16. The molecule has 1 aliphatic rings. The van der Waals surface area contributed by atoms with E-state index in [0.29, 0.717) is 0 Å². The van der Waals surface area contributed by atoms with Crippen LogP contribution in [0.2, 0.25) is 0 Å². The van der Waals surface area contributed by atoms with Gasteiger partial charge >= 0.3 is 0 Å². The number of aryl methyl sites for hydroxylation is 1. The van der Waals surface area contributed by atoms with Crippen molar-refractivity contribution in [2.24, 2.45) is 0 Å². The van der Waals surface area contributed by atoms with Crippen LogP contribution in [0.4, 0.5) is 0 Å². The molecule has 0 N–H and O–H groups in total. The van der Waals surface area contributed by atoms with Gasteiger partial charge in [-0.2, -0.15) is 4.37 Å². The highest BCUT2D eigenvalue weighted by atomic mass is 32.1. The summed E-state index contributed by atoms with van der Waals surface area (Å²) in [5.41, 5.74) is 1.12. The highest BCUT2D eigenvalue weighted by molar-refractivity contribution is 7.09. The molecule has 1 aromatic carbocycles. The van der Waals surface area contributed by atoms with Crippen LogP contribution in [0.5, 0.6) is 11.5 Å². The summed E-state index contributed by atoms with van der Waals surface area (Å²) in [5, 5.41) is 9.65. The lowest BCUT2D eigenvalue weighted by Gasteiger charge is -2.33. The molecule has 0 spiro atoms. The van der Waals surface area contributed by atoms with E-state index in [1.165, 1.54) is 11.5 Å². The van der Waals surface area contributed by atoms with Crippen LogP contribution in [0.3, 0.4) is 0 Å². The van der Waals surface area contributed by atoms with Gasteiger partial charge in [0.15, 0.2) is 16.7 Å². The van der Waals surface area contributed by atoms with Gasteiger partial charge < -0.3 is 14.0 Å². The van der Waals surface area contributed by atoms with Crippen molar-refractivity contribution in [2.45, 2.75) is 33.0 Å².